The van der Waals surface area contributed by atoms with E-state index in [4.69, 9.17) is 14.5 Å². The summed E-state index contributed by atoms with van der Waals surface area (Å²) in [5.41, 5.74) is 1.83. The Hall–Kier alpha value is -4.14. The molecular weight excluding hydrogens is 484 g/mol. The summed E-state index contributed by atoms with van der Waals surface area (Å²) in [6.07, 6.45) is 3.54. The molecule has 0 saturated heterocycles. The number of esters is 1. The molecule has 1 aliphatic carbocycles. The Morgan fingerprint density at radius 3 is 2.32 bits per heavy atom. The van der Waals surface area contributed by atoms with Gasteiger partial charge in [-0.3, -0.25) is 4.99 Å². The molecule has 5 rings (SSSR count). The van der Waals surface area contributed by atoms with Crippen molar-refractivity contribution in [1.82, 2.24) is 10.3 Å². The van der Waals surface area contributed by atoms with Gasteiger partial charge in [-0.2, -0.15) is 5.10 Å². The molecule has 0 bridgehead atoms. The van der Waals surface area contributed by atoms with Gasteiger partial charge >= 0.3 is 12.1 Å². The van der Waals surface area contributed by atoms with E-state index >= 15 is 0 Å². The topological polar surface area (TPSA) is 113 Å². The molecule has 1 amide bonds. The third-order valence-corrected chi connectivity index (χ3v) is 7.05. The van der Waals surface area contributed by atoms with Crippen molar-refractivity contribution < 1.29 is 24.2 Å². The van der Waals surface area contributed by atoms with Crippen LogP contribution in [0.4, 0.5) is 4.79 Å². The van der Waals surface area contributed by atoms with Crippen molar-refractivity contribution in [3.8, 4) is 0 Å². The first-order chi connectivity index (χ1) is 18.1. The van der Waals surface area contributed by atoms with Crippen molar-refractivity contribution in [3.05, 3.63) is 83.1 Å². The molecule has 9 nitrogen and oxygen atoms in total. The molecule has 38 heavy (non-hydrogen) atoms. The van der Waals surface area contributed by atoms with Gasteiger partial charge in [0.05, 0.1) is 12.6 Å². The molecule has 198 valence electrons. The molecule has 0 radical (unpaired) electrons. The number of hydrogen-bond donors (Lipinski definition) is 2. The van der Waals surface area contributed by atoms with E-state index in [1.807, 2.05) is 75.4 Å². The van der Waals surface area contributed by atoms with E-state index in [1.54, 1.807) is 5.01 Å². The number of carbonyl (C=O) groups excluding carboxylic acids is 2. The molecule has 2 heterocycles. The van der Waals surface area contributed by atoms with Crippen LogP contribution in [0, 0.1) is 0 Å². The molecule has 0 aromatic heterocycles. The predicted molar refractivity (Wildman–Crippen MR) is 143 cm³/mol. The van der Waals surface area contributed by atoms with Crippen LogP contribution in [0.3, 0.4) is 0 Å². The van der Waals surface area contributed by atoms with Gasteiger partial charge in [-0.1, -0.05) is 54.6 Å². The third-order valence-electron chi connectivity index (χ3n) is 7.05. The van der Waals surface area contributed by atoms with Crippen LogP contribution in [-0.4, -0.2) is 46.4 Å². The monoisotopic (exact) mass is 516 g/mol. The summed E-state index contributed by atoms with van der Waals surface area (Å²) in [7, 11) is 1.27. The molecule has 9 heteroatoms. The van der Waals surface area contributed by atoms with E-state index in [2.05, 4.69) is 10.4 Å². The molecule has 2 aromatic carbocycles. The zero-order valence-corrected chi connectivity index (χ0v) is 22.0. The molecule has 2 aromatic rings. The number of rotatable bonds is 5. The predicted octanol–water partition coefficient (Wildman–Crippen LogP) is 5.07. The molecule has 2 atom stereocenters. The fraction of sp³-hybridized carbons (Fsp3) is 0.379. The summed E-state index contributed by atoms with van der Waals surface area (Å²) in [6.45, 7) is 5.54. The molecule has 1 saturated carbocycles. The van der Waals surface area contributed by atoms with Crippen molar-refractivity contribution in [2.75, 3.05) is 7.11 Å². The number of aliphatic hydroxyl groups is 1. The van der Waals surface area contributed by atoms with E-state index in [9.17, 15) is 14.7 Å². The summed E-state index contributed by atoms with van der Waals surface area (Å²) in [5.74, 6) is -0.489. The highest BCUT2D eigenvalue weighted by molar-refractivity contribution is 6.42. The number of nitrogens with one attached hydrogen (secondary N) is 1. The van der Waals surface area contributed by atoms with Gasteiger partial charge in [0.25, 0.3) is 0 Å². The van der Waals surface area contributed by atoms with E-state index < -0.39 is 29.2 Å². The average molecular weight is 517 g/mol. The summed E-state index contributed by atoms with van der Waals surface area (Å²) in [6, 6.07) is 17.0. The first-order valence-corrected chi connectivity index (χ1v) is 12.7. The van der Waals surface area contributed by atoms with E-state index in [-0.39, 0.29) is 17.5 Å². The lowest BCUT2D eigenvalue weighted by atomic mass is 9.71. The zero-order valence-electron chi connectivity index (χ0n) is 22.0. The molecular formula is C29H32N4O5. The third kappa shape index (κ3) is 4.76. The second-order valence-electron chi connectivity index (χ2n) is 10.8. The Labute approximate surface area is 221 Å². The summed E-state index contributed by atoms with van der Waals surface area (Å²) in [5, 5.41) is 19.9. The SMILES string of the molecule is COC(=O)C1=NN2C(=NC(c3ccc(C4(NC(=O)OC(C)(C)C)CCC4)cc3)C2c2ccccc2)C(O)=C1. The number of hydrazone groups is 1. The van der Waals surface area contributed by atoms with Crippen molar-refractivity contribution in [3.63, 3.8) is 0 Å². The number of fused-ring (bicyclic) bond motifs is 1. The highest BCUT2D eigenvalue weighted by atomic mass is 16.6. The Morgan fingerprint density at radius 1 is 1.05 bits per heavy atom. The summed E-state index contributed by atoms with van der Waals surface area (Å²) < 4.78 is 10.3. The lowest BCUT2D eigenvalue weighted by molar-refractivity contribution is -0.132. The fourth-order valence-electron chi connectivity index (χ4n) is 5.11. The van der Waals surface area contributed by atoms with Gasteiger partial charge in [0.15, 0.2) is 17.3 Å². The number of methoxy groups -OCH3 is 1. The standard InChI is InChI=1S/C29H32N4O5/c1-28(2,3)38-27(36)31-29(15-8-16-29)20-13-11-18(12-14-20)23-24(19-9-6-5-7-10-19)33-25(30-23)22(34)17-21(32-33)26(35)37-4/h5-7,9-14,17,23-24,34H,8,15-16H2,1-4H3,(H,31,36). The first-order valence-electron chi connectivity index (χ1n) is 12.7. The Bertz CT molecular complexity index is 1320. The Kier molecular flexibility index (Phi) is 6.46. The van der Waals surface area contributed by atoms with E-state index in [0.717, 1.165) is 36.0 Å². The first kappa shape index (κ1) is 25.5. The maximum Gasteiger partial charge on any atom is 0.408 e. The lowest BCUT2D eigenvalue weighted by Gasteiger charge is -2.43. The van der Waals surface area contributed by atoms with Crippen LogP contribution in [-0.2, 0) is 19.8 Å². The number of amidine groups is 1. The number of aliphatic imine (C=N–C) groups is 1. The van der Waals surface area contributed by atoms with Crippen LogP contribution in [0.1, 0.15) is 68.8 Å². The minimum Gasteiger partial charge on any atom is -0.504 e. The van der Waals surface area contributed by atoms with Crippen LogP contribution in [0.2, 0.25) is 0 Å². The highest BCUT2D eigenvalue weighted by Crippen LogP contribution is 2.46. The largest absolute Gasteiger partial charge is 0.504 e. The Balaban J connectivity index is 1.46. The molecule has 2 aliphatic heterocycles. The number of ether oxygens (including phenoxy) is 2. The second kappa shape index (κ2) is 9.63. The van der Waals surface area contributed by atoms with Crippen molar-refractivity contribution in [2.45, 2.75) is 63.3 Å². The summed E-state index contributed by atoms with van der Waals surface area (Å²) >= 11 is 0. The van der Waals surface area contributed by atoms with Crippen molar-refractivity contribution in [2.24, 2.45) is 10.1 Å². The van der Waals surface area contributed by atoms with Crippen LogP contribution in [0.5, 0.6) is 0 Å². The average Bonchev–Trinajstić information content (AvgIpc) is 3.25. The number of nitrogens with zero attached hydrogens (tertiary/aromatic N) is 3. The number of benzene rings is 2. The van der Waals surface area contributed by atoms with Gasteiger partial charge < -0.3 is 19.9 Å². The van der Waals surface area contributed by atoms with Crippen LogP contribution in [0.15, 0.2) is 76.5 Å². The fourth-order valence-corrected chi connectivity index (χ4v) is 5.11. The molecule has 0 spiro atoms. The molecule has 3 aliphatic rings. The molecule has 2 unspecified atom stereocenters. The van der Waals surface area contributed by atoms with Gasteiger partial charge in [-0.15, -0.1) is 0 Å². The van der Waals surface area contributed by atoms with Gasteiger partial charge in [-0.05, 0) is 56.7 Å². The van der Waals surface area contributed by atoms with Gasteiger partial charge in [0, 0.05) is 6.08 Å². The van der Waals surface area contributed by atoms with Crippen LogP contribution >= 0.6 is 0 Å². The zero-order chi connectivity index (χ0) is 27.1. The van der Waals surface area contributed by atoms with Crippen molar-refractivity contribution in [1.29, 1.82) is 0 Å². The van der Waals surface area contributed by atoms with E-state index in [1.165, 1.54) is 13.2 Å². The van der Waals surface area contributed by atoms with Crippen molar-refractivity contribution >= 4 is 23.6 Å². The quantitative estimate of drug-likeness (QED) is 0.537. The smallest absolute Gasteiger partial charge is 0.408 e. The van der Waals surface area contributed by atoms with Gasteiger partial charge in [0.1, 0.15) is 17.7 Å². The molecule has 1 fully saturated rings. The number of hydrogen-bond acceptors (Lipinski definition) is 8. The van der Waals surface area contributed by atoms with Gasteiger partial charge in [0.2, 0.25) is 0 Å². The second-order valence-corrected chi connectivity index (χ2v) is 10.8. The number of alkyl carbamates (subject to hydrolysis) is 1. The molecule has 2 N–H and O–H groups in total. The number of amides is 1. The van der Waals surface area contributed by atoms with Crippen LogP contribution < -0.4 is 5.32 Å². The maximum atomic E-state index is 12.6. The Morgan fingerprint density at radius 2 is 1.74 bits per heavy atom. The highest BCUT2D eigenvalue weighted by Gasteiger charge is 2.44. The minimum atomic E-state index is -0.640. The van der Waals surface area contributed by atoms with Crippen LogP contribution in [0.25, 0.3) is 0 Å². The summed E-state index contributed by atoms with van der Waals surface area (Å²) in [4.78, 5) is 29.6. The lowest BCUT2D eigenvalue weighted by Crippen LogP contribution is -2.52. The van der Waals surface area contributed by atoms with Gasteiger partial charge in [-0.25, -0.2) is 14.6 Å². The number of aliphatic hydroxyl groups excluding tert-OH is 1. The minimum absolute atomic E-state index is 0.000946. The number of carbonyl (C=O) groups is 2. The van der Waals surface area contributed by atoms with E-state index in [0.29, 0.717) is 5.84 Å². The maximum absolute atomic E-state index is 12.6. The normalized spacial score (nSPS) is 21.8.